The van der Waals surface area contributed by atoms with E-state index >= 15 is 0 Å². The lowest BCUT2D eigenvalue weighted by Crippen LogP contribution is -2.61. The summed E-state index contributed by atoms with van der Waals surface area (Å²) in [6.07, 6.45) is 2.82. The number of primary amides is 2. The van der Waals surface area contributed by atoms with E-state index in [-0.39, 0.29) is 51.0 Å². The van der Waals surface area contributed by atoms with Crippen molar-refractivity contribution in [1.29, 1.82) is 0 Å². The zero-order valence-corrected chi connectivity index (χ0v) is 34.1. The van der Waals surface area contributed by atoms with E-state index in [0.717, 1.165) is 0 Å². The van der Waals surface area contributed by atoms with Crippen molar-refractivity contribution in [3.8, 4) is 0 Å². The number of carbonyl (C=O) groups excluding carboxylic acids is 8. The van der Waals surface area contributed by atoms with E-state index in [4.69, 9.17) is 22.9 Å². The number of amides is 8. The van der Waals surface area contributed by atoms with Crippen LogP contribution in [0.25, 0.3) is 0 Å². The average molecular weight is 820 g/mol. The standard InChI is InChI=1S/C33H61N11O9S2/c1-7-17(2)25(44-32(53)26(18(3)45)39-19(4)46)31(52)43-23(13-16-55-6)30(51)42-22(12-15-54-5)29(50)41-21(10-11-24(34)47)28(49)40-20(27(35)48)9-8-14-38-33(36)37/h17-18,20-23,25-26,45H,7-16H2,1-6H3,(H2,34,47)(H2,35,48)(H,39,46)(H,40,49)(H,41,50)(H,42,51)(H,43,52)(H,44,53)(H4,36,37,38)/t17-,18+,20-,21-,22-,23-,25-,26-/m0/s1. The SMILES string of the molecule is CC[C@H](C)[C@H](NC(=O)[C@@H](NC(C)=O)[C@@H](C)O)C(=O)N[C@@H](CCSC)C(=O)N[C@@H](CCSC)C(=O)N[C@@H](CCC(N)=O)C(=O)N[C@@H](CCCN=C(N)N)C(N)=O. The number of nitrogens with zero attached hydrogens (tertiary/aromatic N) is 1. The number of nitrogens with one attached hydrogen (secondary N) is 6. The Balaban J connectivity index is 6.26. The van der Waals surface area contributed by atoms with Gasteiger partial charge in [0.05, 0.1) is 6.10 Å². The van der Waals surface area contributed by atoms with Gasteiger partial charge in [0.2, 0.25) is 47.3 Å². The van der Waals surface area contributed by atoms with Gasteiger partial charge in [0, 0.05) is 19.9 Å². The molecular formula is C33H61N11O9S2. The number of rotatable bonds is 28. The van der Waals surface area contributed by atoms with Crippen LogP contribution >= 0.6 is 23.5 Å². The number of hydrogen-bond donors (Lipinski definition) is 11. The lowest BCUT2D eigenvalue weighted by atomic mass is 9.97. The van der Waals surface area contributed by atoms with Crippen LogP contribution in [-0.4, -0.2) is 131 Å². The molecule has 0 heterocycles. The minimum atomic E-state index is -1.36. The van der Waals surface area contributed by atoms with Crippen LogP contribution in [0.2, 0.25) is 0 Å². The maximum absolute atomic E-state index is 13.8. The van der Waals surface area contributed by atoms with E-state index < -0.39 is 95.5 Å². The molecule has 0 radical (unpaired) electrons. The van der Waals surface area contributed by atoms with Crippen LogP contribution in [0, 0.1) is 5.92 Å². The van der Waals surface area contributed by atoms with Crippen LogP contribution in [-0.2, 0) is 38.4 Å². The highest BCUT2D eigenvalue weighted by molar-refractivity contribution is 7.98. The first-order valence-electron chi connectivity index (χ1n) is 17.9. The smallest absolute Gasteiger partial charge is 0.245 e. The maximum atomic E-state index is 13.8. The molecule has 0 bridgehead atoms. The van der Waals surface area contributed by atoms with Crippen molar-refractivity contribution in [2.45, 2.75) is 115 Å². The summed E-state index contributed by atoms with van der Waals surface area (Å²) in [6.45, 7) is 6.16. The highest BCUT2D eigenvalue weighted by Crippen LogP contribution is 2.12. The summed E-state index contributed by atoms with van der Waals surface area (Å²) < 4.78 is 0. The molecule has 15 N–H and O–H groups in total. The highest BCUT2D eigenvalue weighted by atomic mass is 32.2. The van der Waals surface area contributed by atoms with Gasteiger partial charge in [-0.2, -0.15) is 23.5 Å². The molecule has 0 aliphatic heterocycles. The maximum Gasteiger partial charge on any atom is 0.245 e. The van der Waals surface area contributed by atoms with Gasteiger partial charge in [0.1, 0.15) is 36.3 Å². The average Bonchev–Trinajstić information content (AvgIpc) is 3.11. The summed E-state index contributed by atoms with van der Waals surface area (Å²) in [5.74, 6) is -5.75. The van der Waals surface area contributed by atoms with Gasteiger partial charge >= 0.3 is 0 Å². The zero-order valence-electron chi connectivity index (χ0n) is 32.5. The Bertz CT molecular complexity index is 1340. The third kappa shape index (κ3) is 20.8. The second-order valence-corrected chi connectivity index (χ2v) is 14.9. The zero-order chi connectivity index (χ0) is 42.2. The first kappa shape index (κ1) is 50.7. The van der Waals surface area contributed by atoms with Crippen molar-refractivity contribution < 1.29 is 43.5 Å². The number of nitrogens with two attached hydrogens (primary N) is 4. The predicted octanol–water partition coefficient (Wildman–Crippen LogP) is -3.35. The fourth-order valence-electron chi connectivity index (χ4n) is 5.00. The van der Waals surface area contributed by atoms with Gasteiger partial charge in [-0.3, -0.25) is 43.3 Å². The molecule has 0 fully saturated rings. The Kier molecular flexibility index (Phi) is 25.2. The van der Waals surface area contributed by atoms with Gasteiger partial charge in [-0.1, -0.05) is 20.3 Å². The van der Waals surface area contributed by atoms with Crippen molar-refractivity contribution >= 4 is 76.7 Å². The van der Waals surface area contributed by atoms with Gasteiger partial charge in [0.25, 0.3) is 0 Å². The van der Waals surface area contributed by atoms with Crippen molar-refractivity contribution in [3.05, 3.63) is 0 Å². The summed E-state index contributed by atoms with van der Waals surface area (Å²) in [5, 5.41) is 25.4. The van der Waals surface area contributed by atoms with E-state index in [1.165, 1.54) is 37.4 Å². The summed E-state index contributed by atoms with van der Waals surface area (Å²) in [4.78, 5) is 107. The van der Waals surface area contributed by atoms with E-state index in [2.05, 4.69) is 36.9 Å². The van der Waals surface area contributed by atoms with Crippen LogP contribution in [0.3, 0.4) is 0 Å². The monoisotopic (exact) mass is 819 g/mol. The Morgan fingerprint density at radius 1 is 0.636 bits per heavy atom. The molecule has 0 unspecified atom stereocenters. The lowest BCUT2D eigenvalue weighted by molar-refractivity contribution is -0.136. The van der Waals surface area contributed by atoms with Crippen LogP contribution in [0.1, 0.15) is 72.6 Å². The van der Waals surface area contributed by atoms with Gasteiger partial charge in [0.15, 0.2) is 5.96 Å². The summed E-state index contributed by atoms with van der Waals surface area (Å²) >= 11 is 2.79. The number of carbonyl (C=O) groups is 8. The van der Waals surface area contributed by atoms with E-state index in [1.807, 2.05) is 0 Å². The minimum Gasteiger partial charge on any atom is -0.391 e. The molecule has 8 amide bonds. The van der Waals surface area contributed by atoms with Crippen molar-refractivity contribution in [1.82, 2.24) is 31.9 Å². The first-order valence-corrected chi connectivity index (χ1v) is 20.7. The molecule has 55 heavy (non-hydrogen) atoms. The Labute approximate surface area is 330 Å². The predicted molar refractivity (Wildman–Crippen MR) is 212 cm³/mol. The van der Waals surface area contributed by atoms with Crippen LogP contribution in [0.4, 0.5) is 0 Å². The number of hydrogen-bond acceptors (Lipinski definition) is 12. The first-order chi connectivity index (χ1) is 25.8. The fraction of sp³-hybridized carbons (Fsp3) is 0.727. The van der Waals surface area contributed by atoms with Gasteiger partial charge < -0.3 is 59.9 Å². The van der Waals surface area contributed by atoms with Crippen molar-refractivity contribution in [2.24, 2.45) is 33.8 Å². The second-order valence-electron chi connectivity index (χ2n) is 13.0. The molecule has 0 aliphatic carbocycles. The molecule has 8 atom stereocenters. The van der Waals surface area contributed by atoms with Gasteiger partial charge in [-0.15, -0.1) is 0 Å². The molecule has 0 spiro atoms. The molecule has 0 aromatic rings. The third-order valence-electron chi connectivity index (χ3n) is 8.32. The van der Waals surface area contributed by atoms with E-state index in [1.54, 1.807) is 26.4 Å². The largest absolute Gasteiger partial charge is 0.391 e. The number of guanidine groups is 1. The van der Waals surface area contributed by atoms with Crippen LogP contribution in [0.15, 0.2) is 4.99 Å². The molecule has 0 aliphatic rings. The molecule has 0 rings (SSSR count). The van der Waals surface area contributed by atoms with E-state index in [9.17, 15) is 43.5 Å². The lowest BCUT2D eigenvalue weighted by Gasteiger charge is -2.29. The molecule has 0 aromatic carbocycles. The Morgan fingerprint density at radius 2 is 1.09 bits per heavy atom. The number of aliphatic hydroxyl groups excluding tert-OH is 1. The van der Waals surface area contributed by atoms with E-state index in [0.29, 0.717) is 17.9 Å². The molecular weight excluding hydrogens is 759 g/mol. The van der Waals surface area contributed by atoms with Crippen molar-refractivity contribution in [3.63, 3.8) is 0 Å². The highest BCUT2D eigenvalue weighted by Gasteiger charge is 2.35. The normalized spacial score (nSPS) is 15.3. The number of aliphatic hydroxyl groups is 1. The van der Waals surface area contributed by atoms with Crippen LogP contribution < -0.4 is 54.8 Å². The summed E-state index contributed by atoms with van der Waals surface area (Å²) in [6, 6.07) is -7.39. The Hall–Kier alpha value is -4.31. The molecule has 22 heteroatoms. The summed E-state index contributed by atoms with van der Waals surface area (Å²) in [7, 11) is 0. The molecule has 0 saturated carbocycles. The summed E-state index contributed by atoms with van der Waals surface area (Å²) in [5.41, 5.74) is 21.4. The number of thioether (sulfide) groups is 2. The minimum absolute atomic E-state index is 0.0713. The molecule has 0 aromatic heterocycles. The van der Waals surface area contributed by atoms with Gasteiger partial charge in [-0.05, 0) is 69.0 Å². The van der Waals surface area contributed by atoms with Crippen LogP contribution in [0.5, 0.6) is 0 Å². The quantitative estimate of drug-likeness (QED) is 0.0209. The fourth-order valence-corrected chi connectivity index (χ4v) is 5.94. The molecule has 0 saturated heterocycles. The third-order valence-corrected chi connectivity index (χ3v) is 9.61. The van der Waals surface area contributed by atoms with Gasteiger partial charge in [-0.25, -0.2) is 0 Å². The number of aliphatic imine (C=N–C) groups is 1. The topological polar surface area (TPSA) is 345 Å². The Morgan fingerprint density at radius 3 is 1.49 bits per heavy atom. The molecule has 314 valence electrons. The molecule has 20 nitrogen and oxygen atoms in total. The second kappa shape index (κ2) is 27.3. The van der Waals surface area contributed by atoms with Crippen molar-refractivity contribution in [2.75, 3.05) is 30.6 Å².